The average molecular weight is 342 g/mol. The molecule has 1 amide bonds. The molecule has 0 radical (unpaired) electrons. The van der Waals surface area contributed by atoms with Gasteiger partial charge < -0.3 is 0 Å². The number of H-pyrrole nitrogens is 2. The highest BCUT2D eigenvalue weighted by Crippen LogP contribution is 2.13. The Morgan fingerprint density at radius 3 is 2.60 bits per heavy atom. The normalized spacial score (nSPS) is 10.8. The van der Waals surface area contributed by atoms with E-state index < -0.39 is 0 Å². The Bertz CT molecular complexity index is 848. The lowest BCUT2D eigenvalue weighted by Gasteiger charge is -2.02. The molecule has 3 rings (SSSR count). The van der Waals surface area contributed by atoms with Crippen molar-refractivity contribution in [2.24, 2.45) is 0 Å². The van der Waals surface area contributed by atoms with E-state index in [-0.39, 0.29) is 17.7 Å². The highest BCUT2D eigenvalue weighted by Gasteiger charge is 2.11. The Hall–Kier alpha value is -3.03. The number of rotatable bonds is 6. The summed E-state index contributed by atoms with van der Waals surface area (Å²) in [4.78, 5) is 16.3. The molecule has 3 N–H and O–H groups in total. The van der Waals surface area contributed by atoms with Crippen molar-refractivity contribution in [3.05, 3.63) is 58.4 Å². The Balaban J connectivity index is 1.54. The fraction of sp³-hybridized carbons (Fsp3) is 0.294. The first kappa shape index (κ1) is 16.8. The van der Waals surface area contributed by atoms with Gasteiger partial charge in [0, 0.05) is 18.5 Å². The van der Waals surface area contributed by atoms with Crippen LogP contribution in [-0.4, -0.2) is 31.3 Å². The van der Waals surface area contributed by atoms with Crippen LogP contribution >= 0.6 is 0 Å². The molecule has 0 bridgehead atoms. The summed E-state index contributed by atoms with van der Waals surface area (Å²) in [6.45, 7) is 3.85. The van der Waals surface area contributed by atoms with Gasteiger partial charge in [-0.1, -0.05) is 12.1 Å². The number of hydrogen-bond donors (Lipinski definition) is 3. The van der Waals surface area contributed by atoms with Gasteiger partial charge in [0.25, 0.3) is 0 Å². The predicted octanol–water partition coefficient (Wildman–Crippen LogP) is 2.45. The molecule has 3 aromatic rings. The van der Waals surface area contributed by atoms with E-state index in [4.69, 9.17) is 0 Å². The topological polar surface area (TPSA) is 99.4 Å². The zero-order chi connectivity index (χ0) is 17.8. The maximum Gasteiger partial charge on any atom is 0.248 e. The van der Waals surface area contributed by atoms with Gasteiger partial charge in [0.2, 0.25) is 11.9 Å². The van der Waals surface area contributed by atoms with Crippen LogP contribution in [0.1, 0.15) is 34.8 Å². The van der Waals surface area contributed by atoms with Gasteiger partial charge in [0.15, 0.2) is 0 Å². The summed E-state index contributed by atoms with van der Waals surface area (Å²) >= 11 is 0. The van der Waals surface area contributed by atoms with Crippen LogP contribution in [0.5, 0.6) is 0 Å². The second-order valence-electron chi connectivity index (χ2n) is 5.87. The third kappa shape index (κ3) is 4.28. The van der Waals surface area contributed by atoms with E-state index in [0.717, 1.165) is 22.5 Å². The summed E-state index contributed by atoms with van der Waals surface area (Å²) in [6, 6.07) is 6.17. The number of aromatic nitrogens is 5. The number of nitrogens with one attached hydrogen (secondary N) is 3. The minimum Gasteiger partial charge on any atom is -0.293 e. The van der Waals surface area contributed by atoms with E-state index in [2.05, 4.69) is 30.7 Å². The summed E-state index contributed by atoms with van der Waals surface area (Å²) in [5.41, 5.74) is 3.85. The molecule has 0 aliphatic rings. The van der Waals surface area contributed by atoms with Crippen LogP contribution in [0.3, 0.4) is 0 Å². The Morgan fingerprint density at radius 1 is 1.16 bits per heavy atom. The van der Waals surface area contributed by atoms with Crippen LogP contribution in [0.4, 0.5) is 10.3 Å². The predicted molar refractivity (Wildman–Crippen MR) is 90.6 cm³/mol. The van der Waals surface area contributed by atoms with E-state index in [1.807, 2.05) is 13.8 Å². The fourth-order valence-corrected chi connectivity index (χ4v) is 2.59. The second kappa shape index (κ2) is 7.25. The number of carbonyl (C=O) groups excluding carboxylic acids is 1. The molecule has 0 aliphatic carbocycles. The Labute approximate surface area is 144 Å². The van der Waals surface area contributed by atoms with Crippen molar-refractivity contribution >= 4 is 11.9 Å². The maximum absolute atomic E-state index is 12.9. The number of aryl methyl sites for hydroxylation is 2. The molecule has 0 unspecified atom stereocenters. The first-order chi connectivity index (χ1) is 12.0. The number of hydrogen-bond acceptors (Lipinski definition) is 4. The first-order valence-corrected chi connectivity index (χ1v) is 7.97. The number of benzene rings is 1. The van der Waals surface area contributed by atoms with E-state index in [9.17, 15) is 9.18 Å². The molecule has 0 saturated carbocycles. The van der Waals surface area contributed by atoms with Crippen LogP contribution in [0, 0.1) is 19.7 Å². The van der Waals surface area contributed by atoms with Gasteiger partial charge in [-0.15, -0.1) is 5.10 Å². The van der Waals surface area contributed by atoms with Crippen LogP contribution in [0.25, 0.3) is 0 Å². The lowest BCUT2D eigenvalue weighted by atomic mass is 10.1. The quantitative estimate of drug-likeness (QED) is 0.641. The molecule has 25 heavy (non-hydrogen) atoms. The Morgan fingerprint density at radius 2 is 1.92 bits per heavy atom. The van der Waals surface area contributed by atoms with Crippen molar-refractivity contribution in [3.63, 3.8) is 0 Å². The van der Waals surface area contributed by atoms with Crippen LogP contribution in [0.2, 0.25) is 0 Å². The first-order valence-electron chi connectivity index (χ1n) is 7.97. The number of halogens is 1. The number of anilines is 1. The molecule has 0 spiro atoms. The van der Waals surface area contributed by atoms with Gasteiger partial charge >= 0.3 is 0 Å². The molecule has 0 aliphatic heterocycles. The van der Waals surface area contributed by atoms with Gasteiger partial charge in [-0.2, -0.15) is 10.1 Å². The molecular formula is C17H19FN6O. The lowest BCUT2D eigenvalue weighted by Crippen LogP contribution is -2.13. The monoisotopic (exact) mass is 342 g/mol. The molecule has 0 atom stereocenters. The van der Waals surface area contributed by atoms with E-state index >= 15 is 0 Å². The standard InChI is InChI=1S/C17H19FN6O/c1-10-14(11(2)22-21-10)7-8-16(25)20-17-19-15(23-24-17)9-12-3-5-13(18)6-4-12/h3-6H,7-9H2,1-2H3,(H,21,22)(H2,19,20,23,24,25). The summed E-state index contributed by atoms with van der Waals surface area (Å²) in [5.74, 6) is 0.399. The molecule has 0 saturated heterocycles. The van der Waals surface area contributed by atoms with Gasteiger partial charge in [0.05, 0.1) is 5.69 Å². The Kier molecular flexibility index (Phi) is 4.87. The van der Waals surface area contributed by atoms with Crippen molar-refractivity contribution in [1.29, 1.82) is 0 Å². The molecule has 2 aromatic heterocycles. The molecule has 0 fully saturated rings. The number of carbonyl (C=O) groups is 1. The third-order valence-corrected chi connectivity index (χ3v) is 3.95. The van der Waals surface area contributed by atoms with E-state index in [0.29, 0.717) is 25.1 Å². The molecule has 8 heteroatoms. The van der Waals surface area contributed by atoms with Crippen molar-refractivity contribution in [1.82, 2.24) is 25.4 Å². The van der Waals surface area contributed by atoms with Gasteiger partial charge in [0.1, 0.15) is 11.6 Å². The largest absolute Gasteiger partial charge is 0.293 e. The van der Waals surface area contributed by atoms with Crippen molar-refractivity contribution < 1.29 is 9.18 Å². The molecule has 1 aromatic carbocycles. The van der Waals surface area contributed by atoms with Crippen molar-refractivity contribution in [3.8, 4) is 0 Å². The van der Waals surface area contributed by atoms with Crippen LogP contribution < -0.4 is 5.32 Å². The maximum atomic E-state index is 12.9. The van der Waals surface area contributed by atoms with Crippen molar-refractivity contribution in [2.75, 3.05) is 5.32 Å². The molecular weight excluding hydrogens is 323 g/mol. The zero-order valence-electron chi connectivity index (χ0n) is 14.1. The molecule has 2 heterocycles. The van der Waals surface area contributed by atoms with Crippen LogP contribution in [-0.2, 0) is 17.6 Å². The van der Waals surface area contributed by atoms with Gasteiger partial charge in [-0.05, 0) is 43.5 Å². The zero-order valence-corrected chi connectivity index (χ0v) is 14.1. The minimum absolute atomic E-state index is 0.160. The van der Waals surface area contributed by atoms with Crippen molar-refractivity contribution in [2.45, 2.75) is 33.1 Å². The molecule has 7 nitrogen and oxygen atoms in total. The fourth-order valence-electron chi connectivity index (χ4n) is 2.59. The number of aromatic amines is 2. The highest BCUT2D eigenvalue weighted by atomic mass is 19.1. The van der Waals surface area contributed by atoms with E-state index in [1.165, 1.54) is 12.1 Å². The number of amides is 1. The summed E-state index contributed by atoms with van der Waals surface area (Å²) in [6.07, 6.45) is 1.41. The SMILES string of the molecule is Cc1n[nH]c(C)c1CCC(=O)Nc1n[nH]c(Cc2ccc(F)cc2)n1. The minimum atomic E-state index is -0.280. The third-order valence-electron chi connectivity index (χ3n) is 3.95. The number of nitrogens with zero attached hydrogens (tertiary/aromatic N) is 3. The van der Waals surface area contributed by atoms with Gasteiger partial charge in [-0.3, -0.25) is 20.3 Å². The smallest absolute Gasteiger partial charge is 0.248 e. The van der Waals surface area contributed by atoms with Crippen LogP contribution in [0.15, 0.2) is 24.3 Å². The second-order valence-corrected chi connectivity index (χ2v) is 5.87. The van der Waals surface area contributed by atoms with Gasteiger partial charge in [-0.25, -0.2) is 4.39 Å². The summed E-state index contributed by atoms with van der Waals surface area (Å²) in [7, 11) is 0. The lowest BCUT2D eigenvalue weighted by molar-refractivity contribution is -0.116. The van der Waals surface area contributed by atoms with E-state index in [1.54, 1.807) is 12.1 Å². The summed E-state index contributed by atoms with van der Waals surface area (Å²) < 4.78 is 12.9. The molecule has 130 valence electrons. The summed E-state index contributed by atoms with van der Waals surface area (Å²) in [5, 5.41) is 16.5. The highest BCUT2D eigenvalue weighted by molar-refractivity contribution is 5.89. The average Bonchev–Trinajstić information content (AvgIpc) is 3.14.